The maximum atomic E-state index is 13.6. The summed E-state index contributed by atoms with van der Waals surface area (Å²) in [7, 11) is 0. The van der Waals surface area contributed by atoms with Crippen LogP contribution in [0, 0.1) is 5.82 Å². The minimum absolute atomic E-state index is 0.000501. The molecular weight excluding hydrogens is 255 g/mol. The molecule has 0 aliphatic heterocycles. The molecule has 0 saturated carbocycles. The second kappa shape index (κ2) is 5.14. The van der Waals surface area contributed by atoms with E-state index < -0.39 is 5.82 Å². The van der Waals surface area contributed by atoms with Gasteiger partial charge >= 0.3 is 0 Å². The molecule has 2 N–H and O–H groups in total. The van der Waals surface area contributed by atoms with Gasteiger partial charge in [-0.15, -0.1) is 0 Å². The molecule has 0 unspecified atom stereocenters. The van der Waals surface area contributed by atoms with E-state index in [4.69, 9.17) is 17.3 Å². The first-order valence-corrected chi connectivity index (χ1v) is 5.63. The number of nitrogens with zero attached hydrogens (tertiary/aromatic N) is 1. The van der Waals surface area contributed by atoms with Crippen LogP contribution in [0.25, 0.3) is 0 Å². The van der Waals surface area contributed by atoms with E-state index in [2.05, 4.69) is 4.98 Å². The SMILES string of the molecule is Nc1ccncc1C(=O)Cc1cccc(Cl)c1F. The number of nitrogen functional groups attached to an aromatic ring is 1. The van der Waals surface area contributed by atoms with Crippen LogP contribution in [0.2, 0.25) is 5.02 Å². The van der Waals surface area contributed by atoms with Crippen molar-refractivity contribution >= 4 is 23.1 Å². The largest absolute Gasteiger partial charge is 0.398 e. The summed E-state index contributed by atoms with van der Waals surface area (Å²) in [6, 6.07) is 6.08. The molecule has 0 saturated heterocycles. The van der Waals surface area contributed by atoms with Crippen molar-refractivity contribution in [3.63, 3.8) is 0 Å². The Morgan fingerprint density at radius 2 is 2.17 bits per heavy atom. The van der Waals surface area contributed by atoms with Crippen molar-refractivity contribution in [1.82, 2.24) is 4.98 Å². The van der Waals surface area contributed by atoms with Gasteiger partial charge in [0.1, 0.15) is 5.82 Å². The van der Waals surface area contributed by atoms with Crippen molar-refractivity contribution in [2.45, 2.75) is 6.42 Å². The number of benzene rings is 1. The summed E-state index contributed by atoms with van der Waals surface area (Å²) in [5.41, 5.74) is 6.53. The molecule has 5 heteroatoms. The monoisotopic (exact) mass is 264 g/mol. The van der Waals surface area contributed by atoms with Crippen molar-refractivity contribution < 1.29 is 9.18 Å². The predicted molar refractivity (Wildman–Crippen MR) is 68.1 cm³/mol. The summed E-state index contributed by atoms with van der Waals surface area (Å²) in [6.07, 6.45) is 2.77. The fourth-order valence-electron chi connectivity index (χ4n) is 1.59. The summed E-state index contributed by atoms with van der Waals surface area (Å²) in [4.78, 5) is 15.8. The van der Waals surface area contributed by atoms with Crippen molar-refractivity contribution in [3.05, 3.63) is 58.6 Å². The van der Waals surface area contributed by atoms with Gasteiger partial charge in [0.05, 0.1) is 10.6 Å². The zero-order valence-electron chi connectivity index (χ0n) is 9.36. The lowest BCUT2D eigenvalue weighted by molar-refractivity contribution is 0.0992. The standard InChI is InChI=1S/C13H10ClFN2O/c14-10-3-1-2-8(13(10)15)6-12(18)9-7-17-5-4-11(9)16/h1-5,7H,6H2,(H2,16,17). The van der Waals surface area contributed by atoms with E-state index in [1.54, 1.807) is 6.07 Å². The Bertz CT molecular complexity index is 601. The minimum atomic E-state index is -0.574. The number of aromatic nitrogens is 1. The van der Waals surface area contributed by atoms with Crippen LogP contribution in [0.4, 0.5) is 10.1 Å². The van der Waals surface area contributed by atoms with Gasteiger partial charge < -0.3 is 5.73 Å². The second-order valence-electron chi connectivity index (χ2n) is 3.78. The first-order chi connectivity index (χ1) is 8.59. The number of Topliss-reactive ketones (excluding diaryl/α,β-unsaturated/α-hetero) is 1. The average molecular weight is 265 g/mol. The molecule has 3 nitrogen and oxygen atoms in total. The van der Waals surface area contributed by atoms with Gasteiger partial charge in [-0.1, -0.05) is 23.7 Å². The number of halogens is 2. The fourth-order valence-corrected chi connectivity index (χ4v) is 1.79. The summed E-state index contributed by atoms with van der Waals surface area (Å²) in [5, 5.41) is -0.000501. The van der Waals surface area contributed by atoms with Crippen molar-refractivity contribution in [3.8, 4) is 0 Å². The van der Waals surface area contributed by atoms with Gasteiger partial charge in [0, 0.05) is 24.5 Å². The molecule has 1 aromatic carbocycles. The molecule has 2 aromatic rings. The number of hydrogen-bond acceptors (Lipinski definition) is 3. The normalized spacial score (nSPS) is 10.3. The molecule has 0 fully saturated rings. The number of hydrogen-bond donors (Lipinski definition) is 1. The summed E-state index contributed by atoms with van der Waals surface area (Å²) < 4.78 is 13.6. The molecule has 0 radical (unpaired) electrons. The van der Waals surface area contributed by atoms with Crippen LogP contribution in [-0.2, 0) is 6.42 Å². The number of ketones is 1. The summed E-state index contributed by atoms with van der Waals surface area (Å²) in [5.74, 6) is -0.864. The first kappa shape index (κ1) is 12.5. The molecule has 0 amide bonds. The number of pyridine rings is 1. The Hall–Kier alpha value is -1.94. The quantitative estimate of drug-likeness (QED) is 0.868. The molecule has 2 rings (SSSR count). The predicted octanol–water partition coefficient (Wildman–Crippen LogP) is 2.88. The number of nitrogens with two attached hydrogens (primary N) is 1. The Balaban J connectivity index is 2.27. The molecule has 0 atom stereocenters. The molecule has 0 spiro atoms. The molecule has 0 aliphatic rings. The molecule has 1 heterocycles. The van der Waals surface area contributed by atoms with E-state index in [1.165, 1.54) is 30.6 Å². The van der Waals surface area contributed by atoms with Crippen molar-refractivity contribution in [2.75, 3.05) is 5.73 Å². The Morgan fingerprint density at radius 1 is 1.39 bits per heavy atom. The maximum absolute atomic E-state index is 13.6. The second-order valence-corrected chi connectivity index (χ2v) is 4.18. The molecule has 0 aliphatic carbocycles. The van der Waals surface area contributed by atoms with Crippen molar-refractivity contribution in [1.29, 1.82) is 0 Å². The number of carbonyl (C=O) groups is 1. The van der Waals surface area contributed by atoms with E-state index in [-0.39, 0.29) is 28.4 Å². The lowest BCUT2D eigenvalue weighted by Gasteiger charge is -2.05. The van der Waals surface area contributed by atoms with Gasteiger partial charge in [-0.25, -0.2) is 4.39 Å². The summed E-state index contributed by atoms with van der Waals surface area (Å²) >= 11 is 5.65. The molecule has 18 heavy (non-hydrogen) atoms. The van der Waals surface area contributed by atoms with Crippen LogP contribution in [0.5, 0.6) is 0 Å². The van der Waals surface area contributed by atoms with Gasteiger partial charge in [0.2, 0.25) is 0 Å². The van der Waals surface area contributed by atoms with E-state index in [1.807, 2.05) is 0 Å². The van der Waals surface area contributed by atoms with Crippen LogP contribution in [0.3, 0.4) is 0 Å². The van der Waals surface area contributed by atoms with Crippen LogP contribution >= 0.6 is 11.6 Å². The van der Waals surface area contributed by atoms with Gasteiger partial charge in [-0.2, -0.15) is 0 Å². The zero-order valence-corrected chi connectivity index (χ0v) is 10.1. The highest BCUT2D eigenvalue weighted by atomic mass is 35.5. The topological polar surface area (TPSA) is 56.0 Å². The molecular formula is C13H10ClFN2O. The highest BCUT2D eigenvalue weighted by Crippen LogP contribution is 2.20. The minimum Gasteiger partial charge on any atom is -0.398 e. The smallest absolute Gasteiger partial charge is 0.170 e. The molecule has 1 aromatic heterocycles. The molecule has 92 valence electrons. The van der Waals surface area contributed by atoms with Crippen LogP contribution in [0.1, 0.15) is 15.9 Å². The highest BCUT2D eigenvalue weighted by molar-refractivity contribution is 6.30. The zero-order chi connectivity index (χ0) is 13.1. The van der Waals surface area contributed by atoms with Gasteiger partial charge in [-0.05, 0) is 17.7 Å². The van der Waals surface area contributed by atoms with E-state index in [9.17, 15) is 9.18 Å². The van der Waals surface area contributed by atoms with E-state index >= 15 is 0 Å². The van der Waals surface area contributed by atoms with Crippen LogP contribution in [-0.4, -0.2) is 10.8 Å². The Kier molecular flexibility index (Phi) is 3.58. The van der Waals surface area contributed by atoms with Crippen LogP contribution in [0.15, 0.2) is 36.7 Å². The third kappa shape index (κ3) is 2.49. The third-order valence-electron chi connectivity index (χ3n) is 2.54. The average Bonchev–Trinajstić information content (AvgIpc) is 2.35. The lowest BCUT2D eigenvalue weighted by Crippen LogP contribution is -2.08. The Labute approximate surface area is 108 Å². The van der Waals surface area contributed by atoms with E-state index in [0.717, 1.165) is 0 Å². The highest BCUT2D eigenvalue weighted by Gasteiger charge is 2.14. The first-order valence-electron chi connectivity index (χ1n) is 5.25. The number of rotatable bonds is 3. The lowest BCUT2D eigenvalue weighted by atomic mass is 10.0. The maximum Gasteiger partial charge on any atom is 0.170 e. The Morgan fingerprint density at radius 3 is 2.89 bits per heavy atom. The third-order valence-corrected chi connectivity index (χ3v) is 2.83. The number of carbonyl (C=O) groups excluding carboxylic acids is 1. The van der Waals surface area contributed by atoms with Gasteiger partial charge in [0.15, 0.2) is 5.78 Å². The van der Waals surface area contributed by atoms with Gasteiger partial charge in [0.25, 0.3) is 0 Å². The van der Waals surface area contributed by atoms with Crippen molar-refractivity contribution in [2.24, 2.45) is 0 Å². The van der Waals surface area contributed by atoms with E-state index in [0.29, 0.717) is 5.69 Å². The number of anilines is 1. The summed E-state index contributed by atoms with van der Waals surface area (Å²) in [6.45, 7) is 0. The van der Waals surface area contributed by atoms with Crippen LogP contribution < -0.4 is 5.73 Å². The fraction of sp³-hybridized carbons (Fsp3) is 0.0769. The molecule has 0 bridgehead atoms. The van der Waals surface area contributed by atoms with Gasteiger partial charge in [-0.3, -0.25) is 9.78 Å².